The maximum atomic E-state index is 13.5. The number of hydrogen-bond acceptors (Lipinski definition) is 4. The van der Waals surface area contributed by atoms with Crippen molar-refractivity contribution in [3.63, 3.8) is 0 Å². The molecule has 0 bridgehead atoms. The molecule has 1 aliphatic heterocycles. The predicted octanol–water partition coefficient (Wildman–Crippen LogP) is 5.17. The van der Waals surface area contributed by atoms with E-state index in [1.165, 1.54) is 18.2 Å². The Kier molecular flexibility index (Phi) is 3.44. The van der Waals surface area contributed by atoms with Crippen LogP contribution >= 0.6 is 0 Å². The second-order valence-corrected chi connectivity index (χ2v) is 7.13. The van der Waals surface area contributed by atoms with E-state index in [2.05, 4.69) is 5.32 Å². The molecule has 1 aromatic heterocycles. The zero-order valence-electron chi connectivity index (χ0n) is 14.8. The van der Waals surface area contributed by atoms with E-state index in [1.807, 2.05) is 0 Å². The fourth-order valence-corrected chi connectivity index (χ4v) is 3.89. The molecule has 0 saturated heterocycles. The van der Waals surface area contributed by atoms with Crippen LogP contribution in [0.4, 0.5) is 10.1 Å². The van der Waals surface area contributed by atoms with Crippen LogP contribution in [0.5, 0.6) is 11.5 Å². The topological polar surface area (TPSA) is 60.7 Å². The molecule has 3 aromatic rings. The summed E-state index contributed by atoms with van der Waals surface area (Å²) in [5.74, 6) is 0.210. The molecule has 1 fully saturated rings. The van der Waals surface area contributed by atoms with Crippen LogP contribution in [-0.4, -0.2) is 11.7 Å². The predicted molar refractivity (Wildman–Crippen MR) is 97.8 cm³/mol. The molecular weight excluding hydrogens is 349 g/mol. The molecule has 1 aliphatic carbocycles. The number of hydrogen-bond donors (Lipinski definition) is 1. The lowest BCUT2D eigenvalue weighted by Crippen LogP contribution is -2.34. The van der Waals surface area contributed by atoms with Gasteiger partial charge in [0, 0.05) is 35.5 Å². The van der Waals surface area contributed by atoms with Crippen LogP contribution in [0.3, 0.4) is 0 Å². The number of aryl methyl sites for hydroxylation is 1. The Hall–Kier alpha value is -3.02. The van der Waals surface area contributed by atoms with Crippen molar-refractivity contribution >= 4 is 22.6 Å². The Morgan fingerprint density at radius 1 is 1.07 bits per heavy atom. The van der Waals surface area contributed by atoms with Gasteiger partial charge in [-0.2, -0.15) is 0 Å². The lowest BCUT2D eigenvalue weighted by atomic mass is 10.1. The van der Waals surface area contributed by atoms with Crippen molar-refractivity contribution in [3.8, 4) is 11.5 Å². The normalized spacial score (nSPS) is 17.0. The van der Waals surface area contributed by atoms with E-state index in [4.69, 9.17) is 13.9 Å². The number of ether oxygens (including phenoxy) is 2. The largest absolute Gasteiger partial charge is 0.451 e. The number of carbonyl (C=O) groups is 1. The quantitative estimate of drug-likeness (QED) is 0.678. The van der Waals surface area contributed by atoms with Crippen LogP contribution in [0.15, 0.2) is 40.8 Å². The Morgan fingerprint density at radius 2 is 1.85 bits per heavy atom. The van der Waals surface area contributed by atoms with Gasteiger partial charge in [-0.15, -0.1) is 0 Å². The van der Waals surface area contributed by atoms with Crippen molar-refractivity contribution in [2.24, 2.45) is 0 Å². The summed E-state index contributed by atoms with van der Waals surface area (Å²) < 4.78 is 31.1. The number of carbonyl (C=O) groups excluding carboxylic acids is 1. The molecule has 1 spiro atoms. The number of nitrogens with one attached hydrogen (secondary N) is 1. The maximum absolute atomic E-state index is 13.5. The third-order valence-corrected chi connectivity index (χ3v) is 5.26. The van der Waals surface area contributed by atoms with E-state index in [0.29, 0.717) is 33.7 Å². The van der Waals surface area contributed by atoms with Gasteiger partial charge >= 0.3 is 0 Å². The lowest BCUT2D eigenvalue weighted by molar-refractivity contribution is -0.0716. The van der Waals surface area contributed by atoms with E-state index >= 15 is 0 Å². The maximum Gasteiger partial charge on any atom is 0.291 e. The van der Waals surface area contributed by atoms with Gasteiger partial charge in [0.25, 0.3) is 11.7 Å². The molecule has 2 heterocycles. The van der Waals surface area contributed by atoms with E-state index in [9.17, 15) is 9.18 Å². The Labute approximate surface area is 155 Å². The van der Waals surface area contributed by atoms with Crippen molar-refractivity contribution in [1.29, 1.82) is 0 Å². The van der Waals surface area contributed by atoms with E-state index in [0.717, 1.165) is 25.7 Å². The highest BCUT2D eigenvalue weighted by Crippen LogP contribution is 2.47. The number of amides is 1. The molecule has 0 unspecified atom stereocenters. The van der Waals surface area contributed by atoms with Crippen molar-refractivity contribution in [2.75, 3.05) is 5.32 Å². The molecule has 138 valence electrons. The van der Waals surface area contributed by atoms with Gasteiger partial charge in [-0.25, -0.2) is 4.39 Å². The third kappa shape index (κ3) is 2.63. The number of anilines is 1. The average molecular weight is 367 g/mol. The zero-order valence-corrected chi connectivity index (χ0v) is 14.8. The van der Waals surface area contributed by atoms with Crippen LogP contribution in [0.2, 0.25) is 0 Å². The molecule has 6 heteroatoms. The van der Waals surface area contributed by atoms with Gasteiger partial charge in [0.1, 0.15) is 11.4 Å². The third-order valence-electron chi connectivity index (χ3n) is 5.26. The summed E-state index contributed by atoms with van der Waals surface area (Å²) in [4.78, 5) is 12.7. The molecule has 2 aromatic carbocycles. The van der Waals surface area contributed by atoms with Gasteiger partial charge in [-0.3, -0.25) is 4.79 Å². The molecule has 5 rings (SSSR count). The molecule has 1 N–H and O–H groups in total. The molecule has 1 saturated carbocycles. The Bertz CT molecular complexity index is 1070. The summed E-state index contributed by atoms with van der Waals surface area (Å²) in [7, 11) is 0. The monoisotopic (exact) mass is 367 g/mol. The summed E-state index contributed by atoms with van der Waals surface area (Å²) >= 11 is 0. The lowest BCUT2D eigenvalue weighted by Gasteiger charge is -2.21. The minimum atomic E-state index is -0.537. The number of fused-ring (bicyclic) bond motifs is 2. The van der Waals surface area contributed by atoms with Crippen LogP contribution in [0, 0.1) is 12.7 Å². The van der Waals surface area contributed by atoms with Gasteiger partial charge in [-0.1, -0.05) is 0 Å². The second-order valence-electron chi connectivity index (χ2n) is 7.13. The number of rotatable bonds is 2. The standard InChI is InChI=1S/C21H18FNO4/c1-12-15-10-13(22)4-6-16(15)25-19(12)20(24)23-14-5-7-17-18(11-14)27-21(26-17)8-2-3-9-21/h4-7,10-11H,2-3,8-9H2,1H3,(H,23,24). The molecule has 2 aliphatic rings. The highest BCUT2D eigenvalue weighted by Gasteiger charge is 2.44. The number of furan rings is 1. The molecule has 5 nitrogen and oxygen atoms in total. The first kappa shape index (κ1) is 16.2. The van der Waals surface area contributed by atoms with Crippen LogP contribution in [0.1, 0.15) is 41.8 Å². The minimum Gasteiger partial charge on any atom is -0.451 e. The van der Waals surface area contributed by atoms with Gasteiger partial charge in [-0.05, 0) is 50.1 Å². The smallest absolute Gasteiger partial charge is 0.291 e. The highest BCUT2D eigenvalue weighted by atomic mass is 19.1. The van der Waals surface area contributed by atoms with Crippen LogP contribution in [0.25, 0.3) is 11.0 Å². The van der Waals surface area contributed by atoms with E-state index in [-0.39, 0.29) is 11.6 Å². The summed E-state index contributed by atoms with van der Waals surface area (Å²) in [6.45, 7) is 1.74. The molecule has 0 atom stereocenters. The molecule has 0 radical (unpaired) electrons. The molecular formula is C21H18FNO4. The minimum absolute atomic E-state index is 0.167. The first-order valence-electron chi connectivity index (χ1n) is 9.05. The fourth-order valence-electron chi connectivity index (χ4n) is 3.89. The fraction of sp³-hybridized carbons (Fsp3) is 0.286. The highest BCUT2D eigenvalue weighted by molar-refractivity contribution is 6.06. The second kappa shape index (κ2) is 5.74. The van der Waals surface area contributed by atoms with Crippen molar-refractivity contribution < 1.29 is 23.1 Å². The van der Waals surface area contributed by atoms with Gasteiger partial charge in [0.15, 0.2) is 17.3 Å². The van der Waals surface area contributed by atoms with E-state index < -0.39 is 11.7 Å². The van der Waals surface area contributed by atoms with Crippen molar-refractivity contribution in [1.82, 2.24) is 0 Å². The summed E-state index contributed by atoms with van der Waals surface area (Å²) in [5, 5.41) is 3.41. The molecule has 27 heavy (non-hydrogen) atoms. The van der Waals surface area contributed by atoms with Gasteiger partial charge < -0.3 is 19.2 Å². The Morgan fingerprint density at radius 3 is 2.67 bits per heavy atom. The van der Waals surface area contributed by atoms with Crippen LogP contribution < -0.4 is 14.8 Å². The Balaban J connectivity index is 1.40. The van der Waals surface area contributed by atoms with Gasteiger partial charge in [0.2, 0.25) is 0 Å². The van der Waals surface area contributed by atoms with Gasteiger partial charge in [0.05, 0.1) is 0 Å². The first-order valence-corrected chi connectivity index (χ1v) is 9.05. The molecule has 1 amide bonds. The number of benzene rings is 2. The summed E-state index contributed by atoms with van der Waals surface area (Å²) in [6, 6.07) is 9.54. The van der Waals surface area contributed by atoms with Crippen molar-refractivity contribution in [3.05, 3.63) is 53.5 Å². The SMILES string of the molecule is Cc1c(C(=O)Nc2ccc3c(c2)OC2(CCCC2)O3)oc2ccc(F)cc12. The summed E-state index contributed by atoms with van der Waals surface area (Å²) in [5.41, 5.74) is 1.67. The average Bonchev–Trinajstić information content (AvgIpc) is 3.33. The van der Waals surface area contributed by atoms with Crippen LogP contribution in [-0.2, 0) is 0 Å². The summed E-state index contributed by atoms with van der Waals surface area (Å²) in [6.07, 6.45) is 3.92. The zero-order chi connectivity index (χ0) is 18.6. The van der Waals surface area contributed by atoms with Crippen molar-refractivity contribution in [2.45, 2.75) is 38.4 Å². The van der Waals surface area contributed by atoms with E-state index in [1.54, 1.807) is 25.1 Å². The first-order chi connectivity index (χ1) is 13.0. The number of halogens is 1.